The van der Waals surface area contributed by atoms with Gasteiger partial charge in [0.25, 0.3) is 5.91 Å². The van der Waals surface area contributed by atoms with E-state index in [1.165, 1.54) is 11.1 Å². The Morgan fingerprint density at radius 2 is 1.69 bits per heavy atom. The Labute approximate surface area is 211 Å². The quantitative estimate of drug-likeness (QED) is 0.430. The van der Waals surface area contributed by atoms with Crippen molar-refractivity contribution in [1.82, 2.24) is 10.3 Å². The van der Waals surface area contributed by atoms with Crippen molar-refractivity contribution in [3.63, 3.8) is 0 Å². The average molecular weight is 489 g/mol. The van der Waals surface area contributed by atoms with Gasteiger partial charge in [0.2, 0.25) is 0 Å². The summed E-state index contributed by atoms with van der Waals surface area (Å²) in [5, 5.41) is 9.00. The molecule has 1 aliphatic rings. The molecule has 188 valence electrons. The molecule has 4 rings (SSSR count). The molecule has 0 aliphatic heterocycles. The van der Waals surface area contributed by atoms with Crippen LogP contribution in [-0.2, 0) is 17.6 Å². The Morgan fingerprint density at radius 1 is 1.00 bits per heavy atom. The van der Waals surface area contributed by atoms with E-state index < -0.39 is 11.7 Å². The Bertz CT molecular complexity index is 1260. The van der Waals surface area contributed by atoms with Crippen LogP contribution >= 0.6 is 0 Å². The molecule has 0 spiro atoms. The molecule has 0 radical (unpaired) electrons. The SMILES string of the molecule is COc1cc(C)ccc1Nc1cc(NC(=O)OC(C)(C)C)nc(C(=O)NC2Cc3ccccc3C2)c1. The van der Waals surface area contributed by atoms with Gasteiger partial charge in [-0.1, -0.05) is 30.3 Å². The van der Waals surface area contributed by atoms with Crippen LogP contribution in [0.3, 0.4) is 0 Å². The molecule has 3 aromatic rings. The normalized spacial score (nSPS) is 13.0. The number of aromatic nitrogens is 1. The molecule has 0 saturated heterocycles. The van der Waals surface area contributed by atoms with Gasteiger partial charge in [-0.2, -0.15) is 0 Å². The van der Waals surface area contributed by atoms with Gasteiger partial charge in [-0.15, -0.1) is 0 Å². The minimum absolute atomic E-state index is 0.0206. The Kier molecular flexibility index (Phi) is 7.15. The third-order valence-electron chi connectivity index (χ3n) is 5.71. The van der Waals surface area contributed by atoms with E-state index >= 15 is 0 Å². The molecule has 0 bridgehead atoms. The van der Waals surface area contributed by atoms with Crippen LogP contribution in [0.5, 0.6) is 5.75 Å². The van der Waals surface area contributed by atoms with Crippen molar-refractivity contribution in [2.24, 2.45) is 0 Å². The molecule has 1 aliphatic carbocycles. The lowest BCUT2D eigenvalue weighted by molar-refractivity contribution is 0.0634. The molecule has 8 nitrogen and oxygen atoms in total. The van der Waals surface area contributed by atoms with E-state index in [9.17, 15) is 9.59 Å². The summed E-state index contributed by atoms with van der Waals surface area (Å²) in [6.45, 7) is 7.31. The van der Waals surface area contributed by atoms with Crippen LogP contribution in [0.15, 0.2) is 54.6 Å². The molecule has 1 aromatic heterocycles. The van der Waals surface area contributed by atoms with Gasteiger partial charge in [-0.05, 0) is 75.4 Å². The standard InChI is InChI=1S/C28H32N4O4/c1-17-10-11-22(24(12-17)35-5)29-21-15-23(31-25(16-21)32-27(34)36-28(2,3)4)26(33)30-20-13-18-8-6-7-9-19(18)14-20/h6-12,15-16,20H,13-14H2,1-5H3,(H,30,33)(H2,29,31,32,34). The van der Waals surface area contributed by atoms with Gasteiger partial charge >= 0.3 is 6.09 Å². The molecule has 0 unspecified atom stereocenters. The zero-order valence-electron chi connectivity index (χ0n) is 21.3. The lowest BCUT2D eigenvalue weighted by atomic mass is 10.1. The first-order valence-corrected chi connectivity index (χ1v) is 11.9. The van der Waals surface area contributed by atoms with Crippen LogP contribution in [0.25, 0.3) is 0 Å². The third-order valence-corrected chi connectivity index (χ3v) is 5.71. The number of aryl methyl sites for hydroxylation is 1. The number of fused-ring (bicyclic) bond motifs is 1. The lowest BCUT2D eigenvalue weighted by Crippen LogP contribution is -2.36. The number of carbonyl (C=O) groups excluding carboxylic acids is 2. The topological polar surface area (TPSA) is 102 Å². The number of hydrogen-bond acceptors (Lipinski definition) is 6. The monoisotopic (exact) mass is 488 g/mol. The first-order valence-electron chi connectivity index (χ1n) is 11.9. The van der Waals surface area contributed by atoms with Gasteiger partial charge in [0.1, 0.15) is 22.9 Å². The lowest BCUT2D eigenvalue weighted by Gasteiger charge is -2.20. The number of nitrogens with zero attached hydrogens (tertiary/aromatic N) is 1. The maximum Gasteiger partial charge on any atom is 0.413 e. The van der Waals surface area contributed by atoms with E-state index in [1.54, 1.807) is 40.0 Å². The molecule has 1 heterocycles. The minimum atomic E-state index is -0.674. The summed E-state index contributed by atoms with van der Waals surface area (Å²) in [5.74, 6) is 0.530. The van der Waals surface area contributed by atoms with E-state index in [4.69, 9.17) is 9.47 Å². The number of carbonyl (C=O) groups is 2. The van der Waals surface area contributed by atoms with Gasteiger partial charge in [0.05, 0.1) is 12.8 Å². The van der Waals surface area contributed by atoms with E-state index in [2.05, 4.69) is 33.1 Å². The molecule has 0 atom stereocenters. The first kappa shape index (κ1) is 25.0. The number of anilines is 3. The second-order valence-corrected chi connectivity index (χ2v) is 9.93. The van der Waals surface area contributed by atoms with Gasteiger partial charge in [-0.25, -0.2) is 9.78 Å². The summed E-state index contributed by atoms with van der Waals surface area (Å²) in [6, 6.07) is 17.2. The van der Waals surface area contributed by atoms with Crippen molar-refractivity contribution in [2.75, 3.05) is 17.7 Å². The first-order chi connectivity index (χ1) is 17.1. The smallest absolute Gasteiger partial charge is 0.413 e. The van der Waals surface area contributed by atoms with Crippen LogP contribution in [0, 0.1) is 6.92 Å². The van der Waals surface area contributed by atoms with Crippen molar-refractivity contribution < 1.29 is 19.1 Å². The van der Waals surface area contributed by atoms with Crippen molar-refractivity contribution in [2.45, 2.75) is 52.2 Å². The van der Waals surface area contributed by atoms with Crippen molar-refractivity contribution >= 4 is 29.2 Å². The summed E-state index contributed by atoms with van der Waals surface area (Å²) < 4.78 is 10.9. The number of methoxy groups -OCH3 is 1. The summed E-state index contributed by atoms with van der Waals surface area (Å²) >= 11 is 0. The number of amides is 2. The molecule has 2 aromatic carbocycles. The van der Waals surface area contributed by atoms with Gasteiger partial charge in [0, 0.05) is 17.8 Å². The van der Waals surface area contributed by atoms with Gasteiger partial charge in [0.15, 0.2) is 0 Å². The predicted octanol–water partition coefficient (Wildman–Crippen LogP) is 5.39. The second kappa shape index (κ2) is 10.3. The molecule has 36 heavy (non-hydrogen) atoms. The maximum atomic E-state index is 13.2. The summed E-state index contributed by atoms with van der Waals surface area (Å²) in [7, 11) is 1.60. The number of hydrogen-bond donors (Lipinski definition) is 3. The molecule has 0 saturated carbocycles. The fourth-order valence-electron chi connectivity index (χ4n) is 4.17. The van der Waals surface area contributed by atoms with Crippen molar-refractivity contribution in [3.05, 3.63) is 77.0 Å². The zero-order valence-corrected chi connectivity index (χ0v) is 21.3. The van der Waals surface area contributed by atoms with Gasteiger partial charge in [-0.3, -0.25) is 10.1 Å². The minimum Gasteiger partial charge on any atom is -0.495 e. The zero-order chi connectivity index (χ0) is 25.9. The van der Waals surface area contributed by atoms with Crippen LogP contribution in [0.2, 0.25) is 0 Å². The highest BCUT2D eigenvalue weighted by molar-refractivity contribution is 5.95. The number of nitrogens with one attached hydrogen (secondary N) is 3. The predicted molar refractivity (Wildman–Crippen MR) is 140 cm³/mol. The van der Waals surface area contributed by atoms with E-state index in [1.807, 2.05) is 37.3 Å². The molecular formula is C28H32N4O4. The summed E-state index contributed by atoms with van der Waals surface area (Å²) in [6.07, 6.45) is 0.880. The number of benzene rings is 2. The van der Waals surface area contributed by atoms with Gasteiger partial charge < -0.3 is 20.1 Å². The van der Waals surface area contributed by atoms with E-state index in [0.29, 0.717) is 11.4 Å². The fraction of sp³-hybridized carbons (Fsp3) is 0.321. The second-order valence-electron chi connectivity index (χ2n) is 9.93. The molecular weight excluding hydrogens is 456 g/mol. The van der Waals surface area contributed by atoms with Crippen LogP contribution in [0.1, 0.15) is 48.0 Å². The van der Waals surface area contributed by atoms with Crippen molar-refractivity contribution in [1.29, 1.82) is 0 Å². The average Bonchev–Trinajstić information content (AvgIpc) is 3.21. The highest BCUT2D eigenvalue weighted by atomic mass is 16.6. The van der Waals surface area contributed by atoms with E-state index in [0.717, 1.165) is 24.1 Å². The van der Waals surface area contributed by atoms with E-state index in [-0.39, 0.29) is 23.5 Å². The molecule has 8 heteroatoms. The highest BCUT2D eigenvalue weighted by Gasteiger charge is 2.24. The Hall–Kier alpha value is -4.07. The summed E-state index contributed by atoms with van der Waals surface area (Å²) in [5.41, 5.74) is 4.32. The Balaban J connectivity index is 1.59. The molecule has 0 fully saturated rings. The summed E-state index contributed by atoms with van der Waals surface area (Å²) in [4.78, 5) is 30.0. The largest absolute Gasteiger partial charge is 0.495 e. The highest BCUT2D eigenvalue weighted by Crippen LogP contribution is 2.30. The third kappa shape index (κ3) is 6.33. The van der Waals surface area contributed by atoms with Crippen LogP contribution < -0.4 is 20.7 Å². The maximum absolute atomic E-state index is 13.2. The number of rotatable bonds is 6. The fourth-order valence-corrected chi connectivity index (χ4v) is 4.17. The molecule has 3 N–H and O–H groups in total. The number of ether oxygens (including phenoxy) is 2. The number of pyridine rings is 1. The molecule has 2 amide bonds. The van der Waals surface area contributed by atoms with Crippen LogP contribution in [0.4, 0.5) is 22.0 Å². The Morgan fingerprint density at radius 3 is 2.33 bits per heavy atom. The van der Waals surface area contributed by atoms with Crippen LogP contribution in [-0.4, -0.2) is 35.7 Å². The van der Waals surface area contributed by atoms with Crippen molar-refractivity contribution in [3.8, 4) is 5.75 Å².